The largest absolute Gasteiger partial charge is 0.287 e. The van der Waals surface area contributed by atoms with Gasteiger partial charge in [0.05, 0.1) is 4.92 Å². The summed E-state index contributed by atoms with van der Waals surface area (Å²) in [7, 11) is -3.83. The number of rotatable bonds is 3. The fraction of sp³-hybridized carbons (Fsp3) is 0. The monoisotopic (exact) mass is 265 g/mol. The Morgan fingerprint density at radius 2 is 1.78 bits per heavy atom. The van der Waals surface area contributed by atoms with E-state index in [-0.39, 0.29) is 15.7 Å². The molecule has 0 amide bonds. The van der Waals surface area contributed by atoms with Crippen LogP contribution in [0.3, 0.4) is 0 Å². The SMILES string of the molecule is O=[N+]([O-])c1ccc(S(=O)(=O)c2ccccn2)nc1. The van der Waals surface area contributed by atoms with E-state index in [9.17, 15) is 18.5 Å². The fourth-order valence-electron chi connectivity index (χ4n) is 1.25. The zero-order chi connectivity index (χ0) is 13.2. The molecule has 92 valence electrons. The molecular formula is C10H7N3O4S. The van der Waals surface area contributed by atoms with Gasteiger partial charge in [-0.1, -0.05) is 6.07 Å². The summed E-state index contributed by atoms with van der Waals surface area (Å²) in [5.41, 5.74) is -0.269. The Kier molecular flexibility index (Phi) is 3.02. The van der Waals surface area contributed by atoms with Crippen LogP contribution in [0.15, 0.2) is 52.8 Å². The van der Waals surface area contributed by atoms with Crippen LogP contribution < -0.4 is 0 Å². The Labute approximate surface area is 102 Å². The van der Waals surface area contributed by atoms with E-state index in [2.05, 4.69) is 9.97 Å². The second kappa shape index (κ2) is 4.49. The summed E-state index contributed by atoms with van der Waals surface area (Å²) in [5.74, 6) is 0. The Morgan fingerprint density at radius 1 is 1.06 bits per heavy atom. The highest BCUT2D eigenvalue weighted by molar-refractivity contribution is 7.91. The van der Waals surface area contributed by atoms with E-state index in [0.29, 0.717) is 0 Å². The van der Waals surface area contributed by atoms with Crippen molar-refractivity contribution in [2.75, 3.05) is 0 Å². The van der Waals surface area contributed by atoms with E-state index >= 15 is 0 Å². The van der Waals surface area contributed by atoms with Gasteiger partial charge >= 0.3 is 0 Å². The summed E-state index contributed by atoms with van der Waals surface area (Å²) in [6, 6.07) is 6.62. The molecule has 18 heavy (non-hydrogen) atoms. The summed E-state index contributed by atoms with van der Waals surface area (Å²) >= 11 is 0. The molecule has 2 aromatic heterocycles. The van der Waals surface area contributed by atoms with Crippen molar-refractivity contribution < 1.29 is 13.3 Å². The molecule has 2 heterocycles. The van der Waals surface area contributed by atoms with Gasteiger partial charge < -0.3 is 0 Å². The molecule has 0 N–H and O–H groups in total. The smallest absolute Gasteiger partial charge is 0.258 e. The standard InChI is InChI=1S/C10H7N3O4S/c14-13(15)8-4-5-10(12-7-8)18(16,17)9-3-1-2-6-11-9/h1-7H. The van der Waals surface area contributed by atoms with Gasteiger partial charge in [0.2, 0.25) is 9.84 Å². The molecule has 2 rings (SSSR count). The number of hydrogen-bond acceptors (Lipinski definition) is 6. The molecule has 8 heteroatoms. The lowest BCUT2D eigenvalue weighted by molar-refractivity contribution is -0.385. The molecule has 0 fully saturated rings. The van der Waals surface area contributed by atoms with Gasteiger partial charge in [0.25, 0.3) is 5.69 Å². The Morgan fingerprint density at radius 3 is 2.28 bits per heavy atom. The highest BCUT2D eigenvalue weighted by Crippen LogP contribution is 2.18. The summed E-state index contributed by atoms with van der Waals surface area (Å²) in [4.78, 5) is 17.1. The summed E-state index contributed by atoms with van der Waals surface area (Å²) in [6.45, 7) is 0. The molecule has 2 aromatic rings. The quantitative estimate of drug-likeness (QED) is 0.610. The van der Waals surface area contributed by atoms with Gasteiger partial charge in [0.15, 0.2) is 10.1 Å². The van der Waals surface area contributed by atoms with E-state index < -0.39 is 14.8 Å². The predicted molar refractivity (Wildman–Crippen MR) is 60.6 cm³/mol. The molecule has 0 saturated heterocycles. The van der Waals surface area contributed by atoms with Crippen LogP contribution in [0.2, 0.25) is 0 Å². The van der Waals surface area contributed by atoms with Crippen LogP contribution >= 0.6 is 0 Å². The van der Waals surface area contributed by atoms with Crippen molar-refractivity contribution in [3.05, 3.63) is 52.8 Å². The highest BCUT2D eigenvalue weighted by Gasteiger charge is 2.21. The summed E-state index contributed by atoms with van der Waals surface area (Å²) in [5, 5.41) is 10.0. The number of hydrogen-bond donors (Lipinski definition) is 0. The van der Waals surface area contributed by atoms with Gasteiger partial charge in [-0.25, -0.2) is 18.4 Å². The molecule has 0 aliphatic carbocycles. The van der Waals surface area contributed by atoms with Crippen molar-refractivity contribution >= 4 is 15.5 Å². The lowest BCUT2D eigenvalue weighted by atomic mass is 10.4. The van der Waals surface area contributed by atoms with Crippen LogP contribution in [-0.4, -0.2) is 23.3 Å². The molecule has 0 unspecified atom stereocenters. The first-order valence-corrected chi connectivity index (χ1v) is 6.27. The van der Waals surface area contributed by atoms with Crippen LogP contribution in [0.1, 0.15) is 0 Å². The van der Waals surface area contributed by atoms with Crippen LogP contribution in [0.25, 0.3) is 0 Å². The number of nitro groups is 1. The minimum absolute atomic E-state index is 0.147. The maximum Gasteiger partial charge on any atom is 0.287 e. The van der Waals surface area contributed by atoms with Crippen molar-refractivity contribution in [3.63, 3.8) is 0 Å². The number of pyridine rings is 2. The van der Waals surface area contributed by atoms with Crippen molar-refractivity contribution in [3.8, 4) is 0 Å². The van der Waals surface area contributed by atoms with Crippen molar-refractivity contribution in [1.29, 1.82) is 0 Å². The molecule has 0 aliphatic rings. The number of nitrogens with zero attached hydrogens (tertiary/aromatic N) is 3. The lowest BCUT2D eigenvalue weighted by Gasteiger charge is -2.01. The first kappa shape index (κ1) is 12.1. The third kappa shape index (κ3) is 2.18. The first-order valence-electron chi connectivity index (χ1n) is 4.78. The van der Waals surface area contributed by atoms with Crippen molar-refractivity contribution in [2.24, 2.45) is 0 Å². The van der Waals surface area contributed by atoms with Crippen molar-refractivity contribution in [1.82, 2.24) is 9.97 Å². The number of aromatic nitrogens is 2. The molecule has 0 atom stereocenters. The highest BCUT2D eigenvalue weighted by atomic mass is 32.2. The molecule has 0 radical (unpaired) electrons. The van der Waals surface area contributed by atoms with Crippen LogP contribution in [0.5, 0.6) is 0 Å². The van der Waals surface area contributed by atoms with E-state index in [4.69, 9.17) is 0 Å². The van der Waals surface area contributed by atoms with Gasteiger partial charge in [0, 0.05) is 12.3 Å². The molecule has 0 aromatic carbocycles. The van der Waals surface area contributed by atoms with E-state index in [1.165, 1.54) is 18.3 Å². The normalized spacial score (nSPS) is 11.1. The summed E-state index contributed by atoms with van der Waals surface area (Å²) < 4.78 is 24.0. The van der Waals surface area contributed by atoms with Gasteiger partial charge in [-0.05, 0) is 18.2 Å². The summed E-state index contributed by atoms with van der Waals surface area (Å²) in [6.07, 6.45) is 2.24. The maximum absolute atomic E-state index is 12.0. The zero-order valence-corrected chi connectivity index (χ0v) is 9.74. The second-order valence-corrected chi connectivity index (χ2v) is 5.13. The second-order valence-electron chi connectivity index (χ2n) is 3.28. The van der Waals surface area contributed by atoms with E-state index in [1.807, 2.05) is 0 Å². The third-order valence-corrected chi connectivity index (χ3v) is 3.70. The molecule has 0 saturated carbocycles. The Hall–Kier alpha value is -2.35. The van der Waals surface area contributed by atoms with Gasteiger partial charge in [-0.3, -0.25) is 10.1 Å². The first-order chi connectivity index (χ1) is 8.51. The van der Waals surface area contributed by atoms with Crippen LogP contribution in [0, 0.1) is 10.1 Å². The van der Waals surface area contributed by atoms with Gasteiger partial charge in [-0.15, -0.1) is 0 Å². The average molecular weight is 265 g/mol. The van der Waals surface area contributed by atoms with Gasteiger partial charge in [0.1, 0.15) is 6.20 Å². The lowest BCUT2D eigenvalue weighted by Crippen LogP contribution is -2.06. The molecule has 0 bridgehead atoms. The van der Waals surface area contributed by atoms with Crippen molar-refractivity contribution in [2.45, 2.75) is 10.1 Å². The van der Waals surface area contributed by atoms with Gasteiger partial charge in [-0.2, -0.15) is 0 Å². The Bertz CT molecular complexity index is 668. The minimum atomic E-state index is -3.83. The van der Waals surface area contributed by atoms with Crippen LogP contribution in [0.4, 0.5) is 5.69 Å². The maximum atomic E-state index is 12.0. The minimum Gasteiger partial charge on any atom is -0.258 e. The van der Waals surface area contributed by atoms with E-state index in [1.54, 1.807) is 6.07 Å². The Balaban J connectivity index is 2.46. The zero-order valence-electron chi connectivity index (χ0n) is 8.92. The third-order valence-electron chi connectivity index (χ3n) is 2.12. The molecule has 0 aliphatic heterocycles. The molecule has 7 nitrogen and oxygen atoms in total. The fourth-order valence-corrected chi connectivity index (χ4v) is 2.36. The predicted octanol–water partition coefficient (Wildman–Crippen LogP) is 1.22. The number of sulfone groups is 1. The topological polar surface area (TPSA) is 103 Å². The molecule has 0 spiro atoms. The van der Waals surface area contributed by atoms with Crippen LogP contribution in [-0.2, 0) is 9.84 Å². The molecular weight excluding hydrogens is 258 g/mol. The van der Waals surface area contributed by atoms with E-state index in [0.717, 1.165) is 18.3 Å². The average Bonchev–Trinajstić information content (AvgIpc) is 2.40.